The molecule has 1 atom stereocenters. The molecular formula is C12H19FN2. The highest BCUT2D eigenvalue weighted by atomic mass is 19.1. The zero-order chi connectivity index (χ0) is 11.3. The van der Waals surface area contributed by atoms with Crippen LogP contribution >= 0.6 is 0 Å². The van der Waals surface area contributed by atoms with Crippen LogP contribution in [0.25, 0.3) is 0 Å². The van der Waals surface area contributed by atoms with Crippen LogP contribution in [0.5, 0.6) is 0 Å². The molecule has 0 saturated heterocycles. The van der Waals surface area contributed by atoms with E-state index in [1.165, 1.54) is 6.07 Å². The Hall–Kier alpha value is -0.960. The zero-order valence-electron chi connectivity index (χ0n) is 9.63. The number of aromatic nitrogens is 1. The maximum Gasteiger partial charge on any atom is 0.144 e. The van der Waals surface area contributed by atoms with E-state index in [0.717, 1.165) is 6.54 Å². The van der Waals surface area contributed by atoms with Gasteiger partial charge in [0, 0.05) is 18.7 Å². The van der Waals surface area contributed by atoms with Crippen molar-refractivity contribution in [3.63, 3.8) is 0 Å². The quantitative estimate of drug-likeness (QED) is 0.807. The van der Waals surface area contributed by atoms with Gasteiger partial charge in [-0.2, -0.15) is 0 Å². The second kappa shape index (κ2) is 5.81. The first-order valence-corrected chi connectivity index (χ1v) is 5.48. The van der Waals surface area contributed by atoms with Gasteiger partial charge in [0.05, 0.1) is 5.69 Å². The Morgan fingerprint density at radius 3 is 2.73 bits per heavy atom. The molecule has 1 unspecified atom stereocenters. The summed E-state index contributed by atoms with van der Waals surface area (Å²) in [7, 11) is 0. The maximum absolute atomic E-state index is 13.4. The summed E-state index contributed by atoms with van der Waals surface area (Å²) in [4.78, 5) is 4.07. The number of likely N-dealkylation sites (N-methyl/N-ethyl adjacent to an activating group) is 1. The van der Waals surface area contributed by atoms with Crippen molar-refractivity contribution in [2.24, 2.45) is 5.92 Å². The van der Waals surface area contributed by atoms with Gasteiger partial charge in [-0.05, 0) is 24.6 Å². The van der Waals surface area contributed by atoms with Crippen LogP contribution < -0.4 is 5.32 Å². The van der Waals surface area contributed by atoms with Crippen molar-refractivity contribution >= 4 is 0 Å². The van der Waals surface area contributed by atoms with Crippen LogP contribution in [0.3, 0.4) is 0 Å². The molecule has 1 aromatic heterocycles. The molecule has 0 aliphatic rings. The lowest BCUT2D eigenvalue weighted by Gasteiger charge is -2.21. The molecule has 1 aromatic rings. The van der Waals surface area contributed by atoms with Crippen LogP contribution in [0.2, 0.25) is 0 Å². The third-order valence-electron chi connectivity index (χ3n) is 2.52. The minimum Gasteiger partial charge on any atom is -0.314 e. The number of nitrogens with zero attached hydrogens (tertiary/aromatic N) is 1. The van der Waals surface area contributed by atoms with Crippen molar-refractivity contribution in [3.8, 4) is 0 Å². The second-order valence-corrected chi connectivity index (χ2v) is 4.04. The summed E-state index contributed by atoms with van der Waals surface area (Å²) in [5.41, 5.74) is 0.553. The Morgan fingerprint density at radius 1 is 1.47 bits per heavy atom. The van der Waals surface area contributed by atoms with E-state index >= 15 is 0 Å². The van der Waals surface area contributed by atoms with Gasteiger partial charge in [-0.15, -0.1) is 0 Å². The minimum absolute atomic E-state index is 0.207. The first-order valence-electron chi connectivity index (χ1n) is 5.48. The normalized spacial score (nSPS) is 13.1. The lowest BCUT2D eigenvalue weighted by atomic mass is 9.99. The van der Waals surface area contributed by atoms with Gasteiger partial charge in [-0.3, -0.25) is 4.98 Å². The van der Waals surface area contributed by atoms with Crippen LogP contribution in [0, 0.1) is 11.7 Å². The average molecular weight is 210 g/mol. The van der Waals surface area contributed by atoms with Crippen LogP contribution in [-0.2, 0) is 6.42 Å². The summed E-state index contributed by atoms with van der Waals surface area (Å²) in [6.07, 6.45) is 2.29. The van der Waals surface area contributed by atoms with Crippen LogP contribution in [0.1, 0.15) is 26.5 Å². The summed E-state index contributed by atoms with van der Waals surface area (Å²) in [5.74, 6) is 0.271. The third-order valence-corrected chi connectivity index (χ3v) is 2.52. The fourth-order valence-electron chi connectivity index (χ4n) is 1.58. The van der Waals surface area contributed by atoms with Crippen LogP contribution in [0.4, 0.5) is 4.39 Å². The van der Waals surface area contributed by atoms with Gasteiger partial charge in [-0.25, -0.2) is 4.39 Å². The Balaban J connectivity index is 2.69. The lowest BCUT2D eigenvalue weighted by Crippen LogP contribution is -2.36. The van der Waals surface area contributed by atoms with Crippen molar-refractivity contribution in [1.29, 1.82) is 0 Å². The van der Waals surface area contributed by atoms with E-state index in [-0.39, 0.29) is 5.82 Å². The first kappa shape index (κ1) is 12.1. The molecule has 1 N–H and O–H groups in total. The highest BCUT2D eigenvalue weighted by molar-refractivity contribution is 5.08. The molecule has 0 spiro atoms. The molecule has 0 radical (unpaired) electrons. The Kier molecular flexibility index (Phi) is 4.69. The fourth-order valence-corrected chi connectivity index (χ4v) is 1.58. The van der Waals surface area contributed by atoms with Gasteiger partial charge < -0.3 is 5.32 Å². The summed E-state index contributed by atoms with van der Waals surface area (Å²) in [6.45, 7) is 7.23. The van der Waals surface area contributed by atoms with Crippen molar-refractivity contribution < 1.29 is 4.39 Å². The smallest absolute Gasteiger partial charge is 0.144 e. The molecule has 15 heavy (non-hydrogen) atoms. The number of pyridine rings is 1. The standard InChI is InChI=1S/C12H19FN2/c1-4-14-11(9(2)3)8-12-10(13)6-5-7-15-12/h5-7,9,11,14H,4,8H2,1-3H3. The van der Waals surface area contributed by atoms with Gasteiger partial charge in [0.15, 0.2) is 0 Å². The molecule has 1 rings (SSSR count). The molecule has 84 valence electrons. The van der Waals surface area contributed by atoms with Gasteiger partial charge in [0.25, 0.3) is 0 Å². The molecule has 2 nitrogen and oxygen atoms in total. The van der Waals surface area contributed by atoms with Crippen LogP contribution in [0.15, 0.2) is 18.3 Å². The number of nitrogens with one attached hydrogen (secondary N) is 1. The Labute approximate surface area is 90.9 Å². The molecule has 0 saturated carbocycles. The Morgan fingerprint density at radius 2 is 2.20 bits per heavy atom. The predicted molar refractivity (Wildman–Crippen MR) is 60.2 cm³/mol. The van der Waals surface area contributed by atoms with E-state index in [1.54, 1.807) is 12.3 Å². The number of halogens is 1. The number of hydrogen-bond acceptors (Lipinski definition) is 2. The van der Waals surface area contributed by atoms with E-state index in [4.69, 9.17) is 0 Å². The third kappa shape index (κ3) is 3.59. The average Bonchev–Trinajstić information content (AvgIpc) is 2.20. The van der Waals surface area contributed by atoms with E-state index in [2.05, 4.69) is 31.1 Å². The van der Waals surface area contributed by atoms with Gasteiger partial charge >= 0.3 is 0 Å². The molecule has 0 amide bonds. The van der Waals surface area contributed by atoms with Crippen LogP contribution in [-0.4, -0.2) is 17.6 Å². The molecule has 0 aliphatic carbocycles. The topological polar surface area (TPSA) is 24.9 Å². The van der Waals surface area contributed by atoms with Crippen molar-refractivity contribution in [2.75, 3.05) is 6.54 Å². The van der Waals surface area contributed by atoms with Crippen molar-refractivity contribution in [2.45, 2.75) is 33.2 Å². The van der Waals surface area contributed by atoms with Crippen molar-refractivity contribution in [3.05, 3.63) is 29.8 Å². The SMILES string of the molecule is CCNC(Cc1ncccc1F)C(C)C. The largest absolute Gasteiger partial charge is 0.314 e. The van der Waals surface area contributed by atoms with E-state index in [1.807, 2.05) is 0 Å². The number of rotatable bonds is 5. The van der Waals surface area contributed by atoms with E-state index < -0.39 is 0 Å². The summed E-state index contributed by atoms with van der Waals surface area (Å²) in [6, 6.07) is 3.38. The molecule has 0 aliphatic heterocycles. The number of hydrogen-bond donors (Lipinski definition) is 1. The summed E-state index contributed by atoms with van der Waals surface area (Å²) >= 11 is 0. The Bertz CT molecular complexity index is 299. The minimum atomic E-state index is -0.207. The zero-order valence-corrected chi connectivity index (χ0v) is 9.63. The molecule has 1 heterocycles. The molecule has 0 bridgehead atoms. The van der Waals surface area contributed by atoms with Gasteiger partial charge in [0.1, 0.15) is 5.82 Å². The molecule has 0 aromatic carbocycles. The summed E-state index contributed by atoms with van der Waals surface area (Å²) < 4.78 is 13.4. The van der Waals surface area contributed by atoms with Gasteiger partial charge in [-0.1, -0.05) is 20.8 Å². The first-order chi connectivity index (χ1) is 7.15. The molecule has 3 heteroatoms. The van der Waals surface area contributed by atoms with E-state index in [9.17, 15) is 4.39 Å². The predicted octanol–water partition coefficient (Wildman–Crippen LogP) is 2.40. The molecular weight excluding hydrogens is 191 g/mol. The van der Waals surface area contributed by atoms with E-state index in [0.29, 0.717) is 24.1 Å². The monoisotopic (exact) mass is 210 g/mol. The molecule has 0 fully saturated rings. The highest BCUT2D eigenvalue weighted by Gasteiger charge is 2.15. The summed E-state index contributed by atoms with van der Waals surface area (Å²) in [5, 5.41) is 3.35. The fraction of sp³-hybridized carbons (Fsp3) is 0.583. The van der Waals surface area contributed by atoms with Gasteiger partial charge in [0.2, 0.25) is 0 Å². The second-order valence-electron chi connectivity index (χ2n) is 4.04. The maximum atomic E-state index is 13.4. The lowest BCUT2D eigenvalue weighted by molar-refractivity contribution is 0.396. The highest BCUT2D eigenvalue weighted by Crippen LogP contribution is 2.11. The van der Waals surface area contributed by atoms with Crippen molar-refractivity contribution in [1.82, 2.24) is 10.3 Å².